The molecule has 0 aromatic heterocycles. The summed E-state index contributed by atoms with van der Waals surface area (Å²) in [6.45, 7) is 24.7. The smallest absolute Gasteiger partial charge is 0.197 e. The zero-order chi connectivity index (χ0) is 33.0. The number of hydrogen-bond donors (Lipinski definition) is 0. The molecule has 0 spiro atoms. The summed E-state index contributed by atoms with van der Waals surface area (Å²) in [7, 11) is -0.305. The summed E-state index contributed by atoms with van der Waals surface area (Å²) >= 11 is 0. The van der Waals surface area contributed by atoms with Gasteiger partial charge in [0.05, 0.1) is 25.4 Å². The van der Waals surface area contributed by atoms with Crippen molar-refractivity contribution < 1.29 is 37.6 Å². The molecule has 5 unspecified atom stereocenters. The molecule has 0 amide bonds. The van der Waals surface area contributed by atoms with E-state index in [9.17, 15) is 0 Å². The van der Waals surface area contributed by atoms with Crippen molar-refractivity contribution >= 4 is 8.32 Å². The van der Waals surface area contributed by atoms with Crippen LogP contribution in [0.5, 0.6) is 0 Å². The van der Waals surface area contributed by atoms with Gasteiger partial charge in [0, 0.05) is 13.0 Å². The summed E-state index contributed by atoms with van der Waals surface area (Å²) in [5.74, 6) is -1.44. The molecule has 254 valence electrons. The van der Waals surface area contributed by atoms with E-state index < -0.39 is 31.8 Å². The van der Waals surface area contributed by atoms with Gasteiger partial charge in [-0.25, -0.2) is 0 Å². The molecule has 45 heavy (non-hydrogen) atoms. The first-order chi connectivity index (χ1) is 21.0. The first-order valence-electron chi connectivity index (χ1n) is 16.9. The quantitative estimate of drug-likeness (QED) is 0.193. The van der Waals surface area contributed by atoms with Gasteiger partial charge in [-0.1, -0.05) is 78.0 Å². The second-order valence-electron chi connectivity index (χ2n) is 15.7. The van der Waals surface area contributed by atoms with Crippen LogP contribution in [0.1, 0.15) is 80.7 Å². The van der Waals surface area contributed by atoms with E-state index in [-0.39, 0.29) is 47.4 Å². The Kier molecular flexibility index (Phi) is 9.93. The largest absolute Gasteiger partial charge is 0.411 e. The number of methoxy groups -OCH3 is 1. The van der Waals surface area contributed by atoms with Crippen molar-refractivity contribution in [3.8, 4) is 0 Å². The highest BCUT2D eigenvalue weighted by molar-refractivity contribution is 6.74. The number of hydrogen-bond acceptors (Lipinski definition) is 8. The highest BCUT2D eigenvalue weighted by atomic mass is 28.4. The van der Waals surface area contributed by atoms with E-state index in [1.165, 1.54) is 0 Å². The summed E-state index contributed by atoms with van der Waals surface area (Å²) in [4.78, 5) is 0. The minimum atomic E-state index is -2.03. The van der Waals surface area contributed by atoms with E-state index in [2.05, 4.69) is 79.8 Å². The van der Waals surface area contributed by atoms with Crippen LogP contribution >= 0.6 is 0 Å². The number of fused-ring (bicyclic) bond motifs is 1. The lowest BCUT2D eigenvalue weighted by Crippen LogP contribution is -2.56. The molecular formula is C36H58O8Si. The summed E-state index contributed by atoms with van der Waals surface area (Å²) in [6, 6.07) is 10.1. The van der Waals surface area contributed by atoms with Crippen LogP contribution in [0.4, 0.5) is 0 Å². The zero-order valence-corrected chi connectivity index (χ0v) is 30.7. The van der Waals surface area contributed by atoms with Crippen LogP contribution in [0.15, 0.2) is 42.0 Å². The van der Waals surface area contributed by atoms with Crippen molar-refractivity contribution in [2.75, 3.05) is 13.7 Å². The Morgan fingerprint density at radius 2 is 1.67 bits per heavy atom. The second-order valence-corrected chi connectivity index (χ2v) is 20.5. The highest BCUT2D eigenvalue weighted by Gasteiger charge is 2.68. The molecule has 5 rings (SSSR count). The van der Waals surface area contributed by atoms with E-state index >= 15 is 0 Å². The van der Waals surface area contributed by atoms with Gasteiger partial charge in [0.25, 0.3) is 0 Å². The van der Waals surface area contributed by atoms with Crippen LogP contribution in [-0.4, -0.2) is 76.0 Å². The van der Waals surface area contributed by atoms with Crippen molar-refractivity contribution in [3.05, 3.63) is 47.5 Å². The molecule has 4 heterocycles. The Morgan fingerprint density at radius 3 is 2.29 bits per heavy atom. The molecule has 3 saturated heterocycles. The van der Waals surface area contributed by atoms with Crippen molar-refractivity contribution in [2.45, 2.75) is 154 Å². The Balaban J connectivity index is 1.36. The predicted octanol–water partition coefficient (Wildman–Crippen LogP) is 7.37. The van der Waals surface area contributed by atoms with Crippen LogP contribution in [0.2, 0.25) is 18.1 Å². The Labute approximate surface area is 272 Å². The molecule has 4 aliphatic heterocycles. The fourth-order valence-corrected chi connectivity index (χ4v) is 8.32. The number of ether oxygens (including phenoxy) is 7. The monoisotopic (exact) mass is 646 g/mol. The molecule has 1 aromatic carbocycles. The summed E-state index contributed by atoms with van der Waals surface area (Å²) < 4.78 is 53.2. The molecule has 0 bridgehead atoms. The van der Waals surface area contributed by atoms with Gasteiger partial charge in [-0.05, 0) is 68.8 Å². The maximum Gasteiger partial charge on any atom is 0.197 e. The number of rotatable bonds is 10. The molecular weight excluding hydrogens is 588 g/mol. The maximum atomic E-state index is 7.05. The van der Waals surface area contributed by atoms with Crippen molar-refractivity contribution in [1.82, 2.24) is 0 Å². The molecule has 4 aliphatic rings. The summed E-state index contributed by atoms with van der Waals surface area (Å²) in [5, 5.41) is 0.0824. The average Bonchev–Trinajstić information content (AvgIpc) is 3.61. The van der Waals surface area contributed by atoms with Crippen LogP contribution < -0.4 is 0 Å². The van der Waals surface area contributed by atoms with Crippen LogP contribution in [0, 0.1) is 11.8 Å². The minimum Gasteiger partial charge on any atom is -0.411 e. The lowest BCUT2D eigenvalue weighted by atomic mass is 9.80. The molecule has 0 saturated carbocycles. The fourth-order valence-electron chi connectivity index (χ4n) is 7.33. The Bertz CT molecular complexity index is 1200. The SMILES string of the molecule is CCC1([C@@H]2OC(C3O[C@@](CO[Si](C)(C)C(C)(C)C)(OC)[C@H](C)C=C3C)C[C@@H]2C)O[C@H](OCc2ccccc2)C2OC(C)(C)OC21. The molecule has 10 atom stereocenters. The van der Waals surface area contributed by atoms with Gasteiger partial charge in [-0.2, -0.15) is 0 Å². The standard InChI is InChI=1S/C36H58O8Si/c1-13-35(31-29(41-34(8,9)43-31)32(44-35)38-21-26-17-15-14-16-18-26)30-24(3)20-27(40-30)28-23(2)19-25(4)36(37-10,42-28)22-39-45(11,12)33(5,6)7/h14-19,24-25,27-32H,13,20-22H2,1-12H3/t24-,25+,27?,28?,29?,30+,31?,32-,35?,36+/m0/s1. The van der Waals surface area contributed by atoms with Gasteiger partial charge in [0.2, 0.25) is 0 Å². The van der Waals surface area contributed by atoms with E-state index in [0.29, 0.717) is 19.6 Å². The maximum absolute atomic E-state index is 7.05. The third-order valence-electron chi connectivity index (χ3n) is 11.1. The van der Waals surface area contributed by atoms with E-state index in [1.54, 1.807) is 7.11 Å². The molecule has 1 aromatic rings. The topological polar surface area (TPSA) is 73.8 Å². The van der Waals surface area contributed by atoms with Crippen LogP contribution in [-0.2, 0) is 44.2 Å². The Morgan fingerprint density at radius 1 is 0.978 bits per heavy atom. The molecule has 0 aliphatic carbocycles. The van der Waals surface area contributed by atoms with Crippen molar-refractivity contribution in [3.63, 3.8) is 0 Å². The first kappa shape index (κ1) is 35.2. The van der Waals surface area contributed by atoms with Gasteiger partial charge < -0.3 is 37.6 Å². The minimum absolute atomic E-state index is 0.0211. The Hall–Kier alpha value is -1.14. The number of benzene rings is 1. The van der Waals surface area contributed by atoms with E-state index in [4.69, 9.17) is 37.6 Å². The first-order valence-corrected chi connectivity index (χ1v) is 19.8. The van der Waals surface area contributed by atoms with E-state index in [0.717, 1.165) is 17.6 Å². The third kappa shape index (κ3) is 6.63. The van der Waals surface area contributed by atoms with E-state index in [1.807, 2.05) is 32.0 Å². The van der Waals surface area contributed by atoms with Gasteiger partial charge in [0.1, 0.15) is 23.9 Å². The zero-order valence-electron chi connectivity index (χ0n) is 29.7. The molecule has 0 radical (unpaired) electrons. The van der Waals surface area contributed by atoms with Gasteiger partial charge in [0.15, 0.2) is 26.2 Å². The molecule has 8 nitrogen and oxygen atoms in total. The predicted molar refractivity (Wildman–Crippen MR) is 176 cm³/mol. The lowest BCUT2D eigenvalue weighted by Gasteiger charge is -2.47. The van der Waals surface area contributed by atoms with Crippen molar-refractivity contribution in [1.29, 1.82) is 0 Å². The molecule has 9 heteroatoms. The fraction of sp³-hybridized carbons (Fsp3) is 0.778. The molecule has 3 fully saturated rings. The second kappa shape index (κ2) is 12.7. The highest BCUT2D eigenvalue weighted by Crippen LogP contribution is 2.53. The third-order valence-corrected chi connectivity index (χ3v) is 15.5. The van der Waals surface area contributed by atoms with Gasteiger partial charge in [-0.3, -0.25) is 0 Å². The summed E-state index contributed by atoms with van der Waals surface area (Å²) in [5.41, 5.74) is 1.50. The van der Waals surface area contributed by atoms with Crippen molar-refractivity contribution in [2.24, 2.45) is 11.8 Å². The van der Waals surface area contributed by atoms with Crippen LogP contribution in [0.25, 0.3) is 0 Å². The van der Waals surface area contributed by atoms with Gasteiger partial charge >= 0.3 is 0 Å². The van der Waals surface area contributed by atoms with Gasteiger partial charge in [-0.15, -0.1) is 0 Å². The normalized spacial score (nSPS) is 40.0. The van der Waals surface area contributed by atoms with Crippen LogP contribution in [0.3, 0.4) is 0 Å². The summed E-state index contributed by atoms with van der Waals surface area (Å²) in [6.07, 6.45) is 1.83. The lowest BCUT2D eigenvalue weighted by molar-refractivity contribution is -0.300. The average molecular weight is 647 g/mol. The molecule has 0 N–H and O–H groups in total.